The molecule has 4 rings (SSSR count). The van der Waals surface area contributed by atoms with Crippen LogP contribution in [0.3, 0.4) is 0 Å². The third-order valence-electron chi connectivity index (χ3n) is 4.35. The Morgan fingerprint density at radius 3 is 3.11 bits per heavy atom. The predicted octanol–water partition coefficient (Wildman–Crippen LogP) is 3.93. The van der Waals surface area contributed by atoms with Crippen LogP contribution in [0.15, 0.2) is 46.3 Å². The van der Waals surface area contributed by atoms with Crippen molar-refractivity contribution >= 4 is 22.9 Å². The third kappa shape index (κ3) is 4.96. The maximum atomic E-state index is 12.2. The molecule has 7 nitrogen and oxygen atoms in total. The van der Waals surface area contributed by atoms with Crippen molar-refractivity contribution in [3.8, 4) is 16.5 Å². The van der Waals surface area contributed by atoms with Gasteiger partial charge in [-0.1, -0.05) is 17.3 Å². The van der Waals surface area contributed by atoms with E-state index in [1.807, 2.05) is 41.8 Å². The third-order valence-corrected chi connectivity index (χ3v) is 5.22. The van der Waals surface area contributed by atoms with Crippen LogP contribution in [0.1, 0.15) is 25.2 Å². The van der Waals surface area contributed by atoms with Gasteiger partial charge in [-0.3, -0.25) is 4.79 Å². The zero-order chi connectivity index (χ0) is 19.2. The number of nitrogens with one attached hydrogen (secondary N) is 1. The number of benzene rings is 1. The summed E-state index contributed by atoms with van der Waals surface area (Å²) in [6, 6.07) is 11.2. The predicted molar refractivity (Wildman–Crippen MR) is 105 cm³/mol. The highest BCUT2D eigenvalue weighted by Gasteiger charge is 2.16. The Kier molecular flexibility index (Phi) is 5.98. The minimum absolute atomic E-state index is 0.118. The van der Waals surface area contributed by atoms with E-state index in [0.717, 1.165) is 24.3 Å². The second-order valence-corrected chi connectivity index (χ2v) is 7.46. The first-order valence-electron chi connectivity index (χ1n) is 9.27. The summed E-state index contributed by atoms with van der Waals surface area (Å²) in [5.41, 5.74) is 0.694. The lowest BCUT2D eigenvalue weighted by atomic mass is 10.2. The number of amides is 1. The van der Waals surface area contributed by atoms with Gasteiger partial charge in [-0.15, -0.1) is 11.3 Å². The van der Waals surface area contributed by atoms with Gasteiger partial charge in [0.2, 0.25) is 17.6 Å². The molecule has 1 atom stereocenters. The number of carbonyl (C=O) groups excluding carboxylic acids is 1. The smallest absolute Gasteiger partial charge is 0.227 e. The van der Waals surface area contributed by atoms with E-state index >= 15 is 0 Å². The average molecular weight is 399 g/mol. The summed E-state index contributed by atoms with van der Waals surface area (Å²) in [5.74, 6) is 1.60. The number of aromatic nitrogens is 2. The number of hydrogen-bond donors (Lipinski definition) is 1. The topological polar surface area (TPSA) is 86.5 Å². The Morgan fingerprint density at radius 2 is 2.29 bits per heavy atom. The second-order valence-electron chi connectivity index (χ2n) is 6.51. The molecule has 146 valence electrons. The molecule has 0 spiro atoms. The molecule has 3 aromatic rings. The van der Waals surface area contributed by atoms with Crippen LogP contribution in [0.5, 0.6) is 5.75 Å². The molecular weight excluding hydrogens is 378 g/mol. The molecule has 0 radical (unpaired) electrons. The van der Waals surface area contributed by atoms with Gasteiger partial charge >= 0.3 is 0 Å². The van der Waals surface area contributed by atoms with Crippen LogP contribution in [0.2, 0.25) is 0 Å². The molecular formula is C20H21N3O4S. The van der Waals surface area contributed by atoms with E-state index in [1.165, 1.54) is 0 Å². The normalized spacial score (nSPS) is 16.2. The largest absolute Gasteiger partial charge is 0.491 e. The first-order valence-corrected chi connectivity index (χ1v) is 10.1. The Morgan fingerprint density at radius 1 is 1.32 bits per heavy atom. The van der Waals surface area contributed by atoms with Crippen LogP contribution >= 0.6 is 11.3 Å². The Bertz CT molecular complexity index is 904. The van der Waals surface area contributed by atoms with Crippen molar-refractivity contribution in [3.63, 3.8) is 0 Å². The molecule has 1 fully saturated rings. The molecule has 1 aromatic carbocycles. The summed E-state index contributed by atoms with van der Waals surface area (Å²) >= 11 is 1.54. The van der Waals surface area contributed by atoms with E-state index in [-0.39, 0.29) is 18.4 Å². The number of carbonyl (C=O) groups is 1. The molecule has 2 aromatic heterocycles. The summed E-state index contributed by atoms with van der Waals surface area (Å²) in [4.78, 5) is 17.5. The first-order chi connectivity index (χ1) is 13.8. The number of rotatable bonds is 8. The van der Waals surface area contributed by atoms with Crippen molar-refractivity contribution in [1.82, 2.24) is 10.1 Å². The fraction of sp³-hybridized carbons (Fsp3) is 0.350. The zero-order valence-electron chi connectivity index (χ0n) is 15.3. The van der Waals surface area contributed by atoms with Crippen molar-refractivity contribution in [3.05, 3.63) is 47.7 Å². The fourth-order valence-corrected chi connectivity index (χ4v) is 3.58. The maximum absolute atomic E-state index is 12.2. The summed E-state index contributed by atoms with van der Waals surface area (Å²) in [6.07, 6.45) is 2.91. The number of aryl methyl sites for hydroxylation is 1. The van der Waals surface area contributed by atoms with Gasteiger partial charge in [0.05, 0.1) is 11.0 Å². The molecule has 0 aliphatic carbocycles. The van der Waals surface area contributed by atoms with Crippen LogP contribution in [0.4, 0.5) is 5.69 Å². The van der Waals surface area contributed by atoms with Crippen LogP contribution in [0, 0.1) is 0 Å². The quantitative estimate of drug-likeness (QED) is 0.618. The van der Waals surface area contributed by atoms with E-state index in [2.05, 4.69) is 15.5 Å². The van der Waals surface area contributed by atoms with Crippen LogP contribution in [-0.2, 0) is 16.0 Å². The minimum atomic E-state index is -0.118. The van der Waals surface area contributed by atoms with Crippen LogP contribution in [-0.4, -0.2) is 35.4 Å². The van der Waals surface area contributed by atoms with Gasteiger partial charge < -0.3 is 19.3 Å². The lowest BCUT2D eigenvalue weighted by molar-refractivity contribution is -0.116. The molecule has 1 amide bonds. The van der Waals surface area contributed by atoms with Gasteiger partial charge in [0.1, 0.15) is 12.4 Å². The summed E-state index contributed by atoms with van der Waals surface area (Å²) in [7, 11) is 0. The van der Waals surface area contributed by atoms with Crippen molar-refractivity contribution in [2.45, 2.75) is 31.8 Å². The monoisotopic (exact) mass is 399 g/mol. The summed E-state index contributed by atoms with van der Waals surface area (Å²) < 4.78 is 16.5. The van der Waals surface area contributed by atoms with E-state index in [4.69, 9.17) is 14.0 Å². The van der Waals surface area contributed by atoms with Crippen molar-refractivity contribution in [2.24, 2.45) is 0 Å². The van der Waals surface area contributed by atoms with Crippen LogP contribution < -0.4 is 10.1 Å². The Hall–Kier alpha value is -2.71. The highest BCUT2D eigenvalue weighted by atomic mass is 32.1. The van der Waals surface area contributed by atoms with E-state index in [9.17, 15) is 4.79 Å². The van der Waals surface area contributed by atoms with E-state index in [0.29, 0.717) is 36.2 Å². The van der Waals surface area contributed by atoms with Gasteiger partial charge in [-0.2, -0.15) is 4.98 Å². The van der Waals surface area contributed by atoms with Gasteiger partial charge in [0, 0.05) is 31.2 Å². The lowest BCUT2D eigenvalue weighted by Gasteiger charge is -2.12. The molecule has 28 heavy (non-hydrogen) atoms. The van der Waals surface area contributed by atoms with Gasteiger partial charge in [0.25, 0.3) is 0 Å². The Balaban J connectivity index is 1.26. The fourth-order valence-electron chi connectivity index (χ4n) is 2.93. The van der Waals surface area contributed by atoms with Crippen molar-refractivity contribution < 1.29 is 18.8 Å². The number of ether oxygens (including phenoxy) is 2. The van der Waals surface area contributed by atoms with Gasteiger partial charge in [0.15, 0.2) is 0 Å². The molecule has 1 N–H and O–H groups in total. The average Bonchev–Trinajstić information content (AvgIpc) is 3.47. The molecule has 0 bridgehead atoms. The highest BCUT2D eigenvalue weighted by molar-refractivity contribution is 7.13. The minimum Gasteiger partial charge on any atom is -0.491 e. The van der Waals surface area contributed by atoms with E-state index in [1.54, 1.807) is 11.3 Å². The molecule has 1 unspecified atom stereocenters. The lowest BCUT2D eigenvalue weighted by Crippen LogP contribution is -2.16. The van der Waals surface area contributed by atoms with Gasteiger partial charge in [-0.25, -0.2) is 0 Å². The molecule has 3 heterocycles. The number of hydrogen-bond acceptors (Lipinski definition) is 7. The number of nitrogens with zero attached hydrogens (tertiary/aromatic N) is 2. The summed E-state index contributed by atoms with van der Waals surface area (Å²) in [6.45, 7) is 1.33. The standard InChI is InChI=1S/C20H21N3O4S/c24-18(8-9-19-22-20(23-27-19)17-7-3-11-28-17)21-14-4-1-5-15(12-14)26-13-16-6-2-10-25-16/h1,3-5,7,11-12,16H,2,6,8-10,13H2,(H,21,24). The Labute approximate surface area is 166 Å². The second kappa shape index (κ2) is 8.99. The van der Waals surface area contributed by atoms with Gasteiger partial charge in [-0.05, 0) is 36.4 Å². The first kappa shape index (κ1) is 18.6. The summed E-state index contributed by atoms with van der Waals surface area (Å²) in [5, 5.41) is 8.78. The SMILES string of the molecule is O=C(CCc1nc(-c2cccs2)no1)Nc1cccc(OCC2CCCO2)c1. The molecule has 1 aliphatic rings. The van der Waals surface area contributed by atoms with E-state index < -0.39 is 0 Å². The zero-order valence-corrected chi connectivity index (χ0v) is 16.1. The molecule has 1 saturated heterocycles. The van der Waals surface area contributed by atoms with Crippen molar-refractivity contribution in [2.75, 3.05) is 18.5 Å². The highest BCUT2D eigenvalue weighted by Crippen LogP contribution is 2.22. The molecule has 1 aliphatic heterocycles. The molecule has 0 saturated carbocycles. The number of anilines is 1. The van der Waals surface area contributed by atoms with Crippen molar-refractivity contribution in [1.29, 1.82) is 0 Å². The molecule has 8 heteroatoms. The number of thiophene rings is 1. The van der Waals surface area contributed by atoms with Crippen LogP contribution in [0.25, 0.3) is 10.7 Å². The maximum Gasteiger partial charge on any atom is 0.227 e.